The zero-order valence-electron chi connectivity index (χ0n) is 13.5. The van der Waals surface area contributed by atoms with Crippen molar-refractivity contribution in [3.63, 3.8) is 0 Å². The highest BCUT2D eigenvalue weighted by molar-refractivity contribution is 6.00. The van der Waals surface area contributed by atoms with Crippen LogP contribution in [0.2, 0.25) is 0 Å². The van der Waals surface area contributed by atoms with Crippen molar-refractivity contribution in [1.29, 1.82) is 0 Å². The predicted octanol–water partition coefficient (Wildman–Crippen LogP) is 5.17. The molecule has 1 aromatic carbocycles. The van der Waals surface area contributed by atoms with E-state index in [0.29, 0.717) is 17.9 Å². The van der Waals surface area contributed by atoms with Gasteiger partial charge in [-0.25, -0.2) is 4.39 Å². The van der Waals surface area contributed by atoms with Crippen molar-refractivity contribution >= 4 is 11.4 Å². The van der Waals surface area contributed by atoms with E-state index < -0.39 is 0 Å². The van der Waals surface area contributed by atoms with Crippen LogP contribution < -0.4 is 4.74 Å². The van der Waals surface area contributed by atoms with Crippen molar-refractivity contribution in [2.24, 2.45) is 5.92 Å². The monoisotopic (exact) mass is 304 g/mol. The summed E-state index contributed by atoms with van der Waals surface area (Å²) in [5.74, 6) is 0.505. The van der Waals surface area contributed by atoms with E-state index in [0.717, 1.165) is 31.3 Å². The molecule has 1 aromatic rings. The standard InChI is InChI=1S/C19H25FO2/c1-3-5-6-7-14-8-9-15(12-19(14)21)17-11-10-16(22-4-2)13-18(17)20/h10-14H,3-9H2,1-2H3. The molecule has 0 aliphatic heterocycles. The van der Waals surface area contributed by atoms with Crippen LogP contribution in [0.25, 0.3) is 5.57 Å². The highest BCUT2D eigenvalue weighted by Crippen LogP contribution is 2.33. The van der Waals surface area contributed by atoms with Gasteiger partial charge in [0.05, 0.1) is 6.61 Å². The molecule has 1 aliphatic rings. The Labute approximate surface area is 132 Å². The minimum absolute atomic E-state index is 0.126. The fourth-order valence-corrected chi connectivity index (χ4v) is 2.99. The number of halogens is 1. The third-order valence-electron chi connectivity index (χ3n) is 4.23. The lowest BCUT2D eigenvalue weighted by atomic mass is 9.83. The Kier molecular flexibility index (Phi) is 6.17. The third kappa shape index (κ3) is 4.19. The Morgan fingerprint density at radius 3 is 2.73 bits per heavy atom. The van der Waals surface area contributed by atoms with E-state index in [1.807, 2.05) is 6.92 Å². The zero-order chi connectivity index (χ0) is 15.9. The van der Waals surface area contributed by atoms with E-state index in [4.69, 9.17) is 4.74 Å². The first kappa shape index (κ1) is 16.7. The summed E-state index contributed by atoms with van der Waals surface area (Å²) in [6, 6.07) is 4.88. The number of carbonyl (C=O) groups excluding carboxylic acids is 1. The molecule has 0 bridgehead atoms. The summed E-state index contributed by atoms with van der Waals surface area (Å²) in [5.41, 5.74) is 1.35. The van der Waals surface area contributed by atoms with Crippen molar-refractivity contribution < 1.29 is 13.9 Å². The van der Waals surface area contributed by atoms with Gasteiger partial charge in [-0.05, 0) is 50.0 Å². The lowest BCUT2D eigenvalue weighted by Crippen LogP contribution is -2.17. The first-order chi connectivity index (χ1) is 10.7. The molecule has 3 heteroatoms. The summed E-state index contributed by atoms with van der Waals surface area (Å²) in [6.45, 7) is 4.54. The van der Waals surface area contributed by atoms with Gasteiger partial charge in [-0.3, -0.25) is 4.79 Å². The molecule has 2 rings (SSSR count). The lowest BCUT2D eigenvalue weighted by molar-refractivity contribution is -0.118. The largest absolute Gasteiger partial charge is 0.494 e. The molecule has 2 nitrogen and oxygen atoms in total. The van der Waals surface area contributed by atoms with E-state index in [9.17, 15) is 9.18 Å². The molecule has 1 atom stereocenters. The van der Waals surface area contributed by atoms with Gasteiger partial charge in [0.2, 0.25) is 0 Å². The summed E-state index contributed by atoms with van der Waals surface area (Å²) < 4.78 is 19.5. The van der Waals surface area contributed by atoms with Gasteiger partial charge in [0, 0.05) is 17.5 Å². The van der Waals surface area contributed by atoms with Gasteiger partial charge in [-0.2, -0.15) is 0 Å². The summed E-state index contributed by atoms with van der Waals surface area (Å²) in [7, 11) is 0. The lowest BCUT2D eigenvalue weighted by Gasteiger charge is -2.21. The van der Waals surface area contributed by atoms with E-state index in [1.165, 1.54) is 18.9 Å². The Balaban J connectivity index is 2.07. The van der Waals surface area contributed by atoms with Crippen LogP contribution in [-0.2, 0) is 4.79 Å². The molecule has 0 amide bonds. The predicted molar refractivity (Wildman–Crippen MR) is 87.4 cm³/mol. The number of hydrogen-bond donors (Lipinski definition) is 0. The van der Waals surface area contributed by atoms with Crippen molar-refractivity contribution in [2.75, 3.05) is 6.61 Å². The molecule has 0 N–H and O–H groups in total. The molecule has 0 radical (unpaired) electrons. The number of ether oxygens (including phenoxy) is 1. The summed E-state index contributed by atoms with van der Waals surface area (Å²) in [4.78, 5) is 12.2. The van der Waals surface area contributed by atoms with Crippen molar-refractivity contribution in [1.82, 2.24) is 0 Å². The second-order valence-corrected chi connectivity index (χ2v) is 5.88. The summed E-state index contributed by atoms with van der Waals surface area (Å²) >= 11 is 0. The number of unbranched alkanes of at least 4 members (excludes halogenated alkanes) is 2. The smallest absolute Gasteiger partial charge is 0.159 e. The van der Waals surface area contributed by atoms with E-state index in [1.54, 1.807) is 18.2 Å². The molecule has 0 fully saturated rings. The summed E-state index contributed by atoms with van der Waals surface area (Å²) in [6.07, 6.45) is 7.66. The molecule has 0 heterocycles. The number of hydrogen-bond acceptors (Lipinski definition) is 2. The van der Waals surface area contributed by atoms with Gasteiger partial charge in [0.15, 0.2) is 5.78 Å². The number of ketones is 1. The van der Waals surface area contributed by atoms with Crippen LogP contribution in [0.1, 0.15) is 57.9 Å². The maximum Gasteiger partial charge on any atom is 0.159 e. The van der Waals surface area contributed by atoms with Crippen molar-refractivity contribution in [3.8, 4) is 5.75 Å². The second kappa shape index (κ2) is 8.11. The molecule has 1 aliphatic carbocycles. The van der Waals surface area contributed by atoms with Crippen LogP contribution in [0, 0.1) is 11.7 Å². The van der Waals surface area contributed by atoms with E-state index >= 15 is 0 Å². The maximum atomic E-state index is 14.2. The quantitative estimate of drug-likeness (QED) is 0.650. The first-order valence-corrected chi connectivity index (χ1v) is 8.32. The SMILES string of the molecule is CCCCCC1CCC(c2ccc(OCC)cc2F)=CC1=O. The van der Waals surface area contributed by atoms with Gasteiger partial charge in [-0.1, -0.05) is 26.2 Å². The zero-order valence-corrected chi connectivity index (χ0v) is 13.5. The van der Waals surface area contributed by atoms with Crippen LogP contribution >= 0.6 is 0 Å². The molecular formula is C19H25FO2. The van der Waals surface area contributed by atoms with Crippen LogP contribution in [0.15, 0.2) is 24.3 Å². The molecule has 22 heavy (non-hydrogen) atoms. The van der Waals surface area contributed by atoms with Crippen LogP contribution in [0.5, 0.6) is 5.75 Å². The Morgan fingerprint density at radius 1 is 1.27 bits per heavy atom. The summed E-state index contributed by atoms with van der Waals surface area (Å²) in [5, 5.41) is 0. The molecule has 0 saturated heterocycles. The Bertz CT molecular complexity index is 548. The van der Waals surface area contributed by atoms with Crippen molar-refractivity contribution in [3.05, 3.63) is 35.7 Å². The fourth-order valence-electron chi connectivity index (χ4n) is 2.99. The minimum atomic E-state index is -0.311. The second-order valence-electron chi connectivity index (χ2n) is 5.88. The minimum Gasteiger partial charge on any atom is -0.494 e. The van der Waals surface area contributed by atoms with Gasteiger partial charge in [-0.15, -0.1) is 0 Å². The average Bonchev–Trinajstić information content (AvgIpc) is 2.50. The highest BCUT2D eigenvalue weighted by Gasteiger charge is 2.23. The Hall–Kier alpha value is -1.64. The van der Waals surface area contributed by atoms with Crippen LogP contribution in [0.4, 0.5) is 4.39 Å². The van der Waals surface area contributed by atoms with Crippen LogP contribution in [-0.4, -0.2) is 12.4 Å². The fraction of sp³-hybridized carbons (Fsp3) is 0.526. The highest BCUT2D eigenvalue weighted by atomic mass is 19.1. The van der Waals surface area contributed by atoms with Gasteiger partial charge in [0.25, 0.3) is 0 Å². The molecule has 0 saturated carbocycles. The maximum absolute atomic E-state index is 14.2. The van der Waals surface area contributed by atoms with E-state index in [2.05, 4.69) is 6.92 Å². The Morgan fingerprint density at radius 2 is 2.09 bits per heavy atom. The number of allylic oxidation sites excluding steroid dienone is 2. The number of rotatable bonds is 7. The topological polar surface area (TPSA) is 26.3 Å². The number of carbonyl (C=O) groups is 1. The average molecular weight is 304 g/mol. The van der Waals surface area contributed by atoms with Gasteiger partial charge >= 0.3 is 0 Å². The number of benzene rings is 1. The molecule has 120 valence electrons. The third-order valence-corrected chi connectivity index (χ3v) is 4.23. The van der Waals surface area contributed by atoms with Crippen molar-refractivity contribution in [2.45, 2.75) is 52.4 Å². The van der Waals surface area contributed by atoms with Crippen LogP contribution in [0.3, 0.4) is 0 Å². The first-order valence-electron chi connectivity index (χ1n) is 8.32. The molecule has 0 aromatic heterocycles. The molecular weight excluding hydrogens is 279 g/mol. The van der Waals surface area contributed by atoms with E-state index in [-0.39, 0.29) is 17.5 Å². The molecule has 0 spiro atoms. The molecule has 1 unspecified atom stereocenters. The van der Waals surface area contributed by atoms with Gasteiger partial charge < -0.3 is 4.74 Å². The van der Waals surface area contributed by atoms with Gasteiger partial charge in [0.1, 0.15) is 11.6 Å². The normalized spacial score (nSPS) is 18.2.